The number of benzene rings is 3. The monoisotopic (exact) mass is 465 g/mol. The van der Waals surface area contributed by atoms with Crippen molar-refractivity contribution in [1.82, 2.24) is 4.90 Å². The van der Waals surface area contributed by atoms with E-state index in [4.69, 9.17) is 18.4 Å². The lowest BCUT2D eigenvalue weighted by atomic mass is 9.83. The fourth-order valence-electron chi connectivity index (χ4n) is 4.80. The SMILES string of the molecule is COc1cc2c(cc1OC)CN1CCc3cc(OC)c(OS(=O)c4ccccc4)cc3C1C2. The first-order valence-electron chi connectivity index (χ1n) is 10.9. The molecule has 0 radical (unpaired) electrons. The van der Waals surface area contributed by atoms with Crippen LogP contribution in [-0.2, 0) is 30.5 Å². The van der Waals surface area contributed by atoms with Crippen LogP contribution >= 0.6 is 0 Å². The van der Waals surface area contributed by atoms with Crippen molar-refractivity contribution in [2.75, 3.05) is 27.9 Å². The average Bonchev–Trinajstić information content (AvgIpc) is 2.86. The molecule has 3 aromatic rings. The third-order valence-electron chi connectivity index (χ3n) is 6.49. The Morgan fingerprint density at radius 3 is 2.15 bits per heavy atom. The van der Waals surface area contributed by atoms with Crippen molar-refractivity contribution in [3.63, 3.8) is 0 Å². The van der Waals surface area contributed by atoms with Gasteiger partial charge in [-0.05, 0) is 71.5 Å². The molecular weight excluding hydrogens is 438 g/mol. The molecule has 5 rings (SSSR count). The zero-order valence-electron chi connectivity index (χ0n) is 19.0. The van der Waals surface area contributed by atoms with E-state index in [1.807, 2.05) is 30.3 Å². The van der Waals surface area contributed by atoms with Gasteiger partial charge in [-0.3, -0.25) is 4.90 Å². The number of rotatable bonds is 6. The van der Waals surface area contributed by atoms with E-state index >= 15 is 0 Å². The van der Waals surface area contributed by atoms with Crippen molar-refractivity contribution in [3.8, 4) is 23.0 Å². The van der Waals surface area contributed by atoms with Crippen LogP contribution in [0.15, 0.2) is 59.5 Å². The third kappa shape index (κ3) is 4.07. The lowest BCUT2D eigenvalue weighted by Crippen LogP contribution is -2.39. The van der Waals surface area contributed by atoms with Crippen LogP contribution in [0.3, 0.4) is 0 Å². The fraction of sp³-hybridized carbons (Fsp3) is 0.308. The number of ether oxygens (including phenoxy) is 3. The largest absolute Gasteiger partial charge is 0.493 e. The minimum atomic E-state index is -1.63. The Morgan fingerprint density at radius 2 is 1.45 bits per heavy atom. The molecule has 0 aromatic heterocycles. The molecule has 7 heteroatoms. The normalized spacial score (nSPS) is 17.8. The quantitative estimate of drug-likeness (QED) is 0.536. The summed E-state index contributed by atoms with van der Waals surface area (Å²) >= 11 is -1.63. The van der Waals surface area contributed by atoms with E-state index in [0.717, 1.165) is 37.4 Å². The highest BCUT2D eigenvalue weighted by Gasteiger charge is 2.34. The van der Waals surface area contributed by atoms with Gasteiger partial charge in [0.25, 0.3) is 0 Å². The molecule has 2 unspecified atom stereocenters. The van der Waals surface area contributed by atoms with Crippen LogP contribution in [0, 0.1) is 0 Å². The smallest absolute Gasteiger partial charge is 0.240 e. The summed E-state index contributed by atoms with van der Waals surface area (Å²) in [6.45, 7) is 1.81. The fourth-order valence-corrected chi connectivity index (χ4v) is 5.57. The maximum atomic E-state index is 12.8. The van der Waals surface area contributed by atoms with Gasteiger partial charge in [0.1, 0.15) is 0 Å². The molecule has 33 heavy (non-hydrogen) atoms. The summed E-state index contributed by atoms with van der Waals surface area (Å²) in [6.07, 6.45) is 1.78. The Morgan fingerprint density at radius 1 is 0.818 bits per heavy atom. The van der Waals surface area contributed by atoms with Crippen molar-refractivity contribution in [1.29, 1.82) is 0 Å². The molecule has 0 fully saturated rings. The standard InChI is InChI=1S/C26H27NO5S/c1-29-23-13-18-11-22-21-15-26(32-33(28)20-7-5-4-6-8-20)25(31-3)12-17(21)9-10-27(22)16-19(18)14-24(23)30-2/h4-8,12-15,22H,9-11,16H2,1-3H3. The summed E-state index contributed by atoms with van der Waals surface area (Å²) in [4.78, 5) is 3.10. The van der Waals surface area contributed by atoms with Gasteiger partial charge < -0.3 is 18.4 Å². The zero-order chi connectivity index (χ0) is 22.9. The minimum absolute atomic E-state index is 0.206. The Balaban J connectivity index is 1.50. The van der Waals surface area contributed by atoms with E-state index in [1.165, 1.54) is 22.3 Å². The van der Waals surface area contributed by atoms with Crippen molar-refractivity contribution >= 4 is 11.1 Å². The minimum Gasteiger partial charge on any atom is -0.493 e. The molecule has 2 aliphatic rings. The van der Waals surface area contributed by atoms with Gasteiger partial charge in [0, 0.05) is 19.1 Å². The van der Waals surface area contributed by atoms with Crippen LogP contribution in [0.1, 0.15) is 28.3 Å². The summed E-state index contributed by atoms with van der Waals surface area (Å²) < 4.78 is 35.4. The lowest BCUT2D eigenvalue weighted by molar-refractivity contribution is 0.160. The molecular formula is C26H27NO5S. The first kappa shape index (κ1) is 21.8. The second kappa shape index (κ2) is 9.08. The van der Waals surface area contributed by atoms with Crippen molar-refractivity contribution in [2.24, 2.45) is 0 Å². The summed E-state index contributed by atoms with van der Waals surface area (Å²) in [7, 11) is 4.95. The number of hydrogen-bond acceptors (Lipinski definition) is 6. The Kier molecular flexibility index (Phi) is 6.00. The van der Waals surface area contributed by atoms with Crippen LogP contribution in [-0.4, -0.2) is 37.0 Å². The highest BCUT2D eigenvalue weighted by Crippen LogP contribution is 2.44. The highest BCUT2D eigenvalue weighted by molar-refractivity contribution is 7.80. The van der Waals surface area contributed by atoms with Gasteiger partial charge in [0.05, 0.1) is 26.2 Å². The molecule has 0 spiro atoms. The Hall–Kier alpha value is -3.03. The molecule has 0 saturated carbocycles. The van der Waals surface area contributed by atoms with Crippen LogP contribution in [0.2, 0.25) is 0 Å². The second-order valence-corrected chi connectivity index (χ2v) is 9.36. The van der Waals surface area contributed by atoms with Gasteiger partial charge >= 0.3 is 0 Å². The van der Waals surface area contributed by atoms with Crippen LogP contribution < -0.4 is 18.4 Å². The third-order valence-corrected chi connectivity index (χ3v) is 7.48. The number of nitrogens with zero attached hydrogens (tertiary/aromatic N) is 1. The average molecular weight is 466 g/mol. The number of methoxy groups -OCH3 is 3. The van der Waals surface area contributed by atoms with E-state index in [2.05, 4.69) is 17.0 Å². The zero-order valence-corrected chi connectivity index (χ0v) is 19.8. The second-order valence-electron chi connectivity index (χ2n) is 8.25. The van der Waals surface area contributed by atoms with Gasteiger partial charge in [-0.1, -0.05) is 18.2 Å². The van der Waals surface area contributed by atoms with Gasteiger partial charge in [-0.25, -0.2) is 4.21 Å². The molecule has 0 amide bonds. The van der Waals surface area contributed by atoms with E-state index in [9.17, 15) is 4.21 Å². The number of hydrogen-bond donors (Lipinski definition) is 0. The molecule has 0 aliphatic carbocycles. The molecule has 0 saturated heterocycles. The first-order chi connectivity index (χ1) is 16.1. The van der Waals surface area contributed by atoms with Gasteiger partial charge in [0.15, 0.2) is 23.0 Å². The highest BCUT2D eigenvalue weighted by atomic mass is 32.2. The summed E-state index contributed by atoms with van der Waals surface area (Å²) in [5.74, 6) is 2.61. The molecule has 0 N–H and O–H groups in total. The Bertz CT molecular complexity index is 1200. The van der Waals surface area contributed by atoms with Gasteiger partial charge in [-0.15, -0.1) is 0 Å². The van der Waals surface area contributed by atoms with E-state index in [0.29, 0.717) is 16.4 Å². The van der Waals surface area contributed by atoms with Crippen molar-refractivity contribution in [2.45, 2.75) is 30.3 Å². The van der Waals surface area contributed by atoms with E-state index < -0.39 is 11.1 Å². The first-order valence-corrected chi connectivity index (χ1v) is 12.0. The molecule has 2 heterocycles. The van der Waals surface area contributed by atoms with Crippen molar-refractivity contribution in [3.05, 3.63) is 76.9 Å². The molecule has 2 aliphatic heterocycles. The summed E-state index contributed by atoms with van der Waals surface area (Å²) in [5, 5.41) is 0. The molecule has 3 aromatic carbocycles. The predicted octanol–water partition coefficient (Wildman–Crippen LogP) is 4.47. The van der Waals surface area contributed by atoms with Crippen LogP contribution in [0.4, 0.5) is 0 Å². The maximum Gasteiger partial charge on any atom is 0.240 e. The topological polar surface area (TPSA) is 57.2 Å². The van der Waals surface area contributed by atoms with Crippen LogP contribution in [0.25, 0.3) is 0 Å². The molecule has 172 valence electrons. The molecule has 0 bridgehead atoms. The maximum absolute atomic E-state index is 12.8. The van der Waals surface area contributed by atoms with Gasteiger partial charge in [-0.2, -0.15) is 0 Å². The molecule has 2 atom stereocenters. The summed E-state index contributed by atoms with van der Waals surface area (Å²) in [6, 6.07) is 17.6. The number of fused-ring (bicyclic) bond motifs is 4. The van der Waals surface area contributed by atoms with Gasteiger partial charge in [0.2, 0.25) is 11.1 Å². The summed E-state index contributed by atoms with van der Waals surface area (Å²) in [5.41, 5.74) is 4.97. The Labute approximate surface area is 196 Å². The van der Waals surface area contributed by atoms with E-state index in [-0.39, 0.29) is 6.04 Å². The van der Waals surface area contributed by atoms with Crippen LogP contribution in [0.5, 0.6) is 23.0 Å². The van der Waals surface area contributed by atoms with Crippen molar-refractivity contribution < 1.29 is 22.6 Å². The molecule has 6 nitrogen and oxygen atoms in total. The van der Waals surface area contributed by atoms with E-state index in [1.54, 1.807) is 33.5 Å². The predicted molar refractivity (Wildman–Crippen MR) is 127 cm³/mol. The lowest BCUT2D eigenvalue weighted by Gasteiger charge is -2.41.